The second-order valence-corrected chi connectivity index (χ2v) is 4.49. The van der Waals surface area contributed by atoms with Gasteiger partial charge in [-0.25, -0.2) is 4.39 Å². The van der Waals surface area contributed by atoms with Crippen molar-refractivity contribution in [2.45, 2.75) is 6.92 Å². The highest BCUT2D eigenvalue weighted by Crippen LogP contribution is 2.21. The summed E-state index contributed by atoms with van der Waals surface area (Å²) in [5.74, 6) is -0.374. The van der Waals surface area contributed by atoms with Gasteiger partial charge in [-0.1, -0.05) is 29.9 Å². The minimum absolute atomic E-state index is 0.191. The highest BCUT2D eigenvalue weighted by atomic mass is 32.1. The number of anilines is 2. The van der Waals surface area contributed by atoms with Crippen LogP contribution in [0.25, 0.3) is 0 Å². The van der Waals surface area contributed by atoms with E-state index in [0.29, 0.717) is 11.3 Å². The van der Waals surface area contributed by atoms with E-state index < -0.39 is 0 Å². The Hall–Kier alpha value is -1.94. The first-order valence-electron chi connectivity index (χ1n) is 5.49. The van der Waals surface area contributed by atoms with Crippen molar-refractivity contribution < 1.29 is 4.39 Å². The quantitative estimate of drug-likeness (QED) is 0.829. The summed E-state index contributed by atoms with van der Waals surface area (Å²) in [7, 11) is 0. The van der Waals surface area contributed by atoms with E-state index in [1.165, 1.54) is 6.07 Å². The highest BCUT2D eigenvalue weighted by molar-refractivity contribution is 7.80. The Bertz CT molecular complexity index is 579. The van der Waals surface area contributed by atoms with Crippen molar-refractivity contribution in [2.75, 3.05) is 5.32 Å². The average molecular weight is 260 g/mol. The van der Waals surface area contributed by atoms with Crippen molar-refractivity contribution in [2.24, 2.45) is 5.73 Å². The van der Waals surface area contributed by atoms with Crippen molar-refractivity contribution in [3.63, 3.8) is 0 Å². The van der Waals surface area contributed by atoms with E-state index in [2.05, 4.69) is 5.32 Å². The largest absolute Gasteiger partial charge is 0.389 e. The first-order chi connectivity index (χ1) is 8.56. The maximum absolute atomic E-state index is 13.8. The van der Waals surface area contributed by atoms with Crippen LogP contribution in [0, 0.1) is 12.7 Å². The first kappa shape index (κ1) is 12.5. The molecule has 0 saturated heterocycles. The molecule has 2 aromatic rings. The summed E-state index contributed by atoms with van der Waals surface area (Å²) in [6.45, 7) is 2.00. The third-order valence-electron chi connectivity index (χ3n) is 2.58. The van der Waals surface area contributed by atoms with Crippen LogP contribution in [0.1, 0.15) is 11.1 Å². The van der Waals surface area contributed by atoms with Gasteiger partial charge in [0, 0.05) is 11.3 Å². The van der Waals surface area contributed by atoms with E-state index in [1.807, 2.05) is 31.2 Å². The van der Waals surface area contributed by atoms with E-state index in [4.69, 9.17) is 18.0 Å². The number of nitrogens with two attached hydrogens (primary N) is 1. The molecule has 0 saturated carbocycles. The standard InChI is InChI=1S/C14H13FN2S/c1-9-2-5-11(6-3-9)17-13-7-4-10(14(16)18)8-12(13)15/h2-8,17H,1H3,(H2,16,18). The second-order valence-electron chi connectivity index (χ2n) is 4.05. The van der Waals surface area contributed by atoms with Crippen LogP contribution in [0.5, 0.6) is 0 Å². The number of halogens is 1. The zero-order chi connectivity index (χ0) is 13.1. The molecule has 0 heterocycles. The molecule has 0 aliphatic heterocycles. The van der Waals surface area contributed by atoms with Crippen LogP contribution in [0.2, 0.25) is 0 Å². The number of thiocarbonyl (C=S) groups is 1. The lowest BCUT2D eigenvalue weighted by Crippen LogP contribution is -2.09. The molecule has 4 heteroatoms. The molecular formula is C14H13FN2S. The highest BCUT2D eigenvalue weighted by Gasteiger charge is 2.05. The molecule has 2 nitrogen and oxygen atoms in total. The molecule has 3 N–H and O–H groups in total. The molecule has 0 aliphatic carbocycles. The van der Waals surface area contributed by atoms with Crippen LogP contribution in [0.15, 0.2) is 42.5 Å². The molecule has 0 spiro atoms. The fourth-order valence-electron chi connectivity index (χ4n) is 1.56. The number of aryl methyl sites for hydroxylation is 1. The molecule has 2 rings (SSSR count). The SMILES string of the molecule is Cc1ccc(Nc2ccc(C(N)=S)cc2F)cc1. The Labute approximate surface area is 111 Å². The van der Waals surface area contributed by atoms with E-state index in [-0.39, 0.29) is 10.8 Å². The van der Waals surface area contributed by atoms with Crippen molar-refractivity contribution in [1.29, 1.82) is 0 Å². The maximum atomic E-state index is 13.8. The summed E-state index contributed by atoms with van der Waals surface area (Å²) < 4.78 is 13.8. The van der Waals surface area contributed by atoms with Gasteiger partial charge in [-0.05, 0) is 37.3 Å². The first-order valence-corrected chi connectivity index (χ1v) is 5.90. The monoisotopic (exact) mass is 260 g/mol. The lowest BCUT2D eigenvalue weighted by molar-refractivity contribution is 0.631. The van der Waals surface area contributed by atoms with E-state index in [9.17, 15) is 4.39 Å². The molecular weight excluding hydrogens is 247 g/mol. The minimum atomic E-state index is -0.374. The third kappa shape index (κ3) is 2.84. The summed E-state index contributed by atoms with van der Waals surface area (Å²) in [5, 5.41) is 3.01. The Morgan fingerprint density at radius 3 is 2.39 bits per heavy atom. The normalized spacial score (nSPS) is 10.1. The van der Waals surface area contributed by atoms with Gasteiger partial charge in [0.1, 0.15) is 10.8 Å². The fourth-order valence-corrected chi connectivity index (χ4v) is 1.69. The van der Waals surface area contributed by atoms with Crippen LogP contribution in [-0.2, 0) is 0 Å². The third-order valence-corrected chi connectivity index (χ3v) is 2.82. The number of nitrogens with one attached hydrogen (secondary N) is 1. The van der Waals surface area contributed by atoms with E-state index in [0.717, 1.165) is 11.3 Å². The molecule has 0 aromatic heterocycles. The van der Waals surface area contributed by atoms with Gasteiger partial charge in [-0.15, -0.1) is 0 Å². The molecule has 0 fully saturated rings. The van der Waals surface area contributed by atoms with Crippen LogP contribution in [0.3, 0.4) is 0 Å². The van der Waals surface area contributed by atoms with Gasteiger partial charge in [0.05, 0.1) is 5.69 Å². The zero-order valence-electron chi connectivity index (χ0n) is 9.91. The predicted octanol–water partition coefficient (Wildman–Crippen LogP) is 3.51. The fraction of sp³-hybridized carbons (Fsp3) is 0.0714. The van der Waals surface area contributed by atoms with Gasteiger partial charge < -0.3 is 11.1 Å². The Morgan fingerprint density at radius 2 is 1.83 bits per heavy atom. The van der Waals surface area contributed by atoms with Gasteiger partial charge in [0.25, 0.3) is 0 Å². The Kier molecular flexibility index (Phi) is 3.58. The number of hydrogen-bond donors (Lipinski definition) is 2. The van der Waals surface area contributed by atoms with Crippen LogP contribution in [0.4, 0.5) is 15.8 Å². The van der Waals surface area contributed by atoms with Crippen LogP contribution >= 0.6 is 12.2 Å². The molecule has 18 heavy (non-hydrogen) atoms. The average Bonchev–Trinajstić information content (AvgIpc) is 2.34. The van der Waals surface area contributed by atoms with Gasteiger partial charge in [0.15, 0.2) is 0 Å². The molecule has 0 unspecified atom stereocenters. The second kappa shape index (κ2) is 5.14. The Morgan fingerprint density at radius 1 is 1.17 bits per heavy atom. The van der Waals surface area contributed by atoms with Crippen molar-refractivity contribution in [1.82, 2.24) is 0 Å². The molecule has 2 aromatic carbocycles. The summed E-state index contributed by atoms with van der Waals surface area (Å²) in [6.07, 6.45) is 0. The van der Waals surface area contributed by atoms with E-state index >= 15 is 0 Å². The van der Waals surface area contributed by atoms with Crippen molar-refractivity contribution >= 4 is 28.6 Å². The van der Waals surface area contributed by atoms with Crippen molar-refractivity contribution in [3.05, 3.63) is 59.4 Å². The summed E-state index contributed by atoms with van der Waals surface area (Å²) in [4.78, 5) is 0.191. The predicted molar refractivity (Wildman–Crippen MR) is 76.7 cm³/mol. The smallest absolute Gasteiger partial charge is 0.147 e. The van der Waals surface area contributed by atoms with Gasteiger partial charge in [-0.2, -0.15) is 0 Å². The molecule has 0 amide bonds. The molecule has 0 aliphatic rings. The molecule has 92 valence electrons. The Balaban J connectivity index is 2.24. The van der Waals surface area contributed by atoms with Crippen LogP contribution in [-0.4, -0.2) is 4.99 Å². The molecule has 0 atom stereocenters. The summed E-state index contributed by atoms with van der Waals surface area (Å²) >= 11 is 4.80. The number of benzene rings is 2. The minimum Gasteiger partial charge on any atom is -0.389 e. The van der Waals surface area contributed by atoms with Crippen LogP contribution < -0.4 is 11.1 Å². The van der Waals surface area contributed by atoms with Crippen molar-refractivity contribution in [3.8, 4) is 0 Å². The van der Waals surface area contributed by atoms with Gasteiger partial charge in [-0.3, -0.25) is 0 Å². The molecule has 0 radical (unpaired) electrons. The summed E-state index contributed by atoms with van der Waals surface area (Å²) in [6, 6.07) is 12.4. The number of hydrogen-bond acceptors (Lipinski definition) is 2. The van der Waals surface area contributed by atoms with Gasteiger partial charge in [0.2, 0.25) is 0 Å². The molecule has 0 bridgehead atoms. The van der Waals surface area contributed by atoms with Gasteiger partial charge >= 0.3 is 0 Å². The van der Waals surface area contributed by atoms with E-state index in [1.54, 1.807) is 12.1 Å². The lowest BCUT2D eigenvalue weighted by atomic mass is 10.2. The maximum Gasteiger partial charge on any atom is 0.147 e. The number of rotatable bonds is 3. The summed E-state index contributed by atoms with van der Waals surface area (Å²) in [5.41, 5.74) is 8.37. The topological polar surface area (TPSA) is 38.0 Å². The lowest BCUT2D eigenvalue weighted by Gasteiger charge is -2.09. The zero-order valence-corrected chi connectivity index (χ0v) is 10.7.